The molecule has 0 saturated heterocycles. The molecule has 0 unspecified atom stereocenters. The van der Waals surface area contributed by atoms with E-state index in [1.54, 1.807) is 24.3 Å². The topological polar surface area (TPSA) is 63.2 Å². The van der Waals surface area contributed by atoms with Crippen molar-refractivity contribution in [2.75, 3.05) is 0 Å². The molecule has 1 amide bonds. The number of rotatable bonds is 4. The van der Waals surface area contributed by atoms with Gasteiger partial charge in [0.1, 0.15) is 5.82 Å². The first kappa shape index (κ1) is 17.7. The lowest BCUT2D eigenvalue weighted by Crippen LogP contribution is -2.29. The van der Waals surface area contributed by atoms with Crippen LogP contribution in [0.3, 0.4) is 0 Å². The fraction of sp³-hybridized carbons (Fsp3) is 0. The van der Waals surface area contributed by atoms with Crippen molar-refractivity contribution in [3.63, 3.8) is 0 Å². The average molecular weight is 419 g/mol. The van der Waals surface area contributed by atoms with Gasteiger partial charge in [0, 0.05) is 9.50 Å². The highest BCUT2D eigenvalue weighted by atomic mass is 79.9. The first-order valence-electron chi connectivity index (χ1n) is 6.23. The summed E-state index contributed by atoms with van der Waals surface area (Å²) in [6.07, 6.45) is 1.31. The van der Waals surface area contributed by atoms with Gasteiger partial charge in [-0.25, -0.2) is 17.5 Å². The van der Waals surface area contributed by atoms with Crippen LogP contribution in [0.4, 0.5) is 4.39 Å². The Morgan fingerprint density at radius 3 is 2.61 bits per heavy atom. The Morgan fingerprint density at radius 2 is 1.96 bits per heavy atom. The number of amides is 1. The van der Waals surface area contributed by atoms with Crippen molar-refractivity contribution < 1.29 is 17.6 Å². The normalized spacial score (nSPS) is 11.6. The van der Waals surface area contributed by atoms with Crippen LogP contribution in [-0.2, 0) is 10.0 Å². The maximum Gasteiger partial charge on any atom is 0.266 e. The molecule has 0 aliphatic carbocycles. The van der Waals surface area contributed by atoms with Gasteiger partial charge < -0.3 is 0 Å². The molecule has 0 spiro atoms. The molecule has 1 N–H and O–H groups in total. The summed E-state index contributed by atoms with van der Waals surface area (Å²) in [5.41, 5.74) is 0.574. The van der Waals surface area contributed by atoms with Crippen LogP contribution in [-0.4, -0.2) is 14.3 Å². The third kappa shape index (κ3) is 5.16. The highest BCUT2D eigenvalue weighted by Crippen LogP contribution is 2.18. The minimum Gasteiger partial charge on any atom is -0.268 e. The average Bonchev–Trinajstić information content (AvgIpc) is 2.44. The van der Waals surface area contributed by atoms with Gasteiger partial charge in [0.2, 0.25) is 0 Å². The summed E-state index contributed by atoms with van der Waals surface area (Å²) in [4.78, 5) is 12.0. The lowest BCUT2D eigenvalue weighted by atomic mass is 10.2. The van der Waals surface area contributed by atoms with Gasteiger partial charge in [-0.3, -0.25) is 4.79 Å². The number of hydrogen-bond acceptors (Lipinski definition) is 3. The van der Waals surface area contributed by atoms with E-state index in [1.807, 2.05) is 4.72 Å². The fourth-order valence-corrected chi connectivity index (χ4v) is 3.17. The van der Waals surface area contributed by atoms with E-state index < -0.39 is 21.7 Å². The zero-order valence-electron chi connectivity index (χ0n) is 11.5. The van der Waals surface area contributed by atoms with Crippen LogP contribution in [0.25, 0.3) is 6.08 Å². The van der Waals surface area contributed by atoms with E-state index in [9.17, 15) is 17.6 Å². The van der Waals surface area contributed by atoms with Gasteiger partial charge >= 0.3 is 0 Å². The molecule has 0 saturated carbocycles. The lowest BCUT2D eigenvalue weighted by Gasteiger charge is -2.05. The molecule has 2 aromatic carbocycles. The molecule has 4 nitrogen and oxygen atoms in total. The third-order valence-electron chi connectivity index (χ3n) is 2.70. The molecule has 0 heterocycles. The molecular weight excluding hydrogens is 409 g/mol. The van der Waals surface area contributed by atoms with Crippen molar-refractivity contribution in [1.29, 1.82) is 0 Å². The maximum atomic E-state index is 13.0. The predicted octanol–water partition coefficient (Wildman–Crippen LogP) is 3.97. The molecule has 2 rings (SSSR count). The largest absolute Gasteiger partial charge is 0.268 e. The van der Waals surface area contributed by atoms with Crippen molar-refractivity contribution in [3.05, 3.63) is 74.3 Å². The number of nitrogens with one attached hydrogen (secondary N) is 1. The molecule has 0 aliphatic heterocycles. The monoisotopic (exact) mass is 417 g/mol. The summed E-state index contributed by atoms with van der Waals surface area (Å²) >= 11 is 8.81. The van der Waals surface area contributed by atoms with E-state index in [2.05, 4.69) is 15.9 Å². The van der Waals surface area contributed by atoms with Gasteiger partial charge in [-0.2, -0.15) is 0 Å². The highest BCUT2D eigenvalue weighted by Gasteiger charge is 2.16. The van der Waals surface area contributed by atoms with Gasteiger partial charge in [-0.1, -0.05) is 23.7 Å². The van der Waals surface area contributed by atoms with Crippen LogP contribution in [0, 0.1) is 5.82 Å². The van der Waals surface area contributed by atoms with E-state index in [0.717, 1.165) is 17.5 Å². The van der Waals surface area contributed by atoms with Crippen molar-refractivity contribution in [2.24, 2.45) is 0 Å². The summed E-state index contributed by atoms with van der Waals surface area (Å²) < 4.78 is 38.8. The van der Waals surface area contributed by atoms with Crippen LogP contribution >= 0.6 is 27.5 Å². The molecule has 0 bridgehead atoms. The van der Waals surface area contributed by atoms with Crippen LogP contribution in [0.15, 0.2) is 52.3 Å². The Bertz CT molecular complexity index is 884. The summed E-state index contributed by atoms with van der Waals surface area (Å²) in [6.45, 7) is 0. The van der Waals surface area contributed by atoms with Gasteiger partial charge in [-0.05, 0) is 57.9 Å². The molecule has 0 aliphatic rings. The zero-order valence-corrected chi connectivity index (χ0v) is 14.6. The summed E-state index contributed by atoms with van der Waals surface area (Å²) in [6, 6.07) is 9.88. The summed E-state index contributed by atoms with van der Waals surface area (Å²) in [5, 5.41) is 1.32. The van der Waals surface area contributed by atoms with E-state index in [4.69, 9.17) is 11.6 Å². The second-order valence-electron chi connectivity index (χ2n) is 4.46. The zero-order chi connectivity index (χ0) is 17.0. The van der Waals surface area contributed by atoms with Crippen LogP contribution in [0.5, 0.6) is 0 Å². The predicted molar refractivity (Wildman–Crippen MR) is 91.0 cm³/mol. The van der Waals surface area contributed by atoms with Gasteiger partial charge in [0.25, 0.3) is 15.9 Å². The molecule has 2 aromatic rings. The van der Waals surface area contributed by atoms with Gasteiger partial charge in [0.15, 0.2) is 0 Å². The fourth-order valence-electron chi connectivity index (χ4n) is 1.67. The van der Waals surface area contributed by atoms with Gasteiger partial charge in [0.05, 0.1) is 11.0 Å². The Kier molecular flexibility index (Phi) is 5.56. The van der Waals surface area contributed by atoms with Crippen molar-refractivity contribution in [3.8, 4) is 0 Å². The quantitative estimate of drug-likeness (QED) is 0.817. The molecule has 0 aromatic heterocycles. The first-order chi connectivity index (χ1) is 10.8. The molecule has 23 heavy (non-hydrogen) atoms. The van der Waals surface area contributed by atoms with Crippen LogP contribution in [0.2, 0.25) is 5.02 Å². The minimum atomic E-state index is -4.00. The summed E-state index contributed by atoms with van der Waals surface area (Å²) in [7, 11) is -4.00. The summed E-state index contributed by atoms with van der Waals surface area (Å²) in [5.74, 6) is -1.41. The highest BCUT2D eigenvalue weighted by molar-refractivity contribution is 9.10. The smallest absolute Gasteiger partial charge is 0.266 e. The number of carbonyl (C=O) groups excluding carboxylic acids is 1. The van der Waals surface area contributed by atoms with Crippen LogP contribution < -0.4 is 4.72 Å². The standard InChI is InChI=1S/C15H10BrClFNO3S/c16-14-9-12(18)4-5-13(14)15(20)19-23(21,22)7-6-10-2-1-3-11(17)8-10/h1-9H,(H,19,20)/b7-6+. The second-order valence-corrected chi connectivity index (χ2v) is 7.32. The molecule has 120 valence electrons. The molecule has 0 atom stereocenters. The van der Waals surface area contributed by atoms with Crippen molar-refractivity contribution >= 4 is 49.5 Å². The lowest BCUT2D eigenvalue weighted by molar-refractivity contribution is 0.0981. The van der Waals surface area contributed by atoms with E-state index in [1.165, 1.54) is 12.1 Å². The SMILES string of the molecule is O=C(NS(=O)(=O)/C=C/c1cccc(Cl)c1)c1ccc(F)cc1Br. The Labute approximate surface area is 146 Å². The van der Waals surface area contributed by atoms with E-state index in [0.29, 0.717) is 10.6 Å². The molecule has 0 fully saturated rings. The molecule has 0 radical (unpaired) electrons. The Balaban J connectivity index is 2.16. The number of sulfonamides is 1. The van der Waals surface area contributed by atoms with E-state index >= 15 is 0 Å². The molecular formula is C15H10BrClFNO3S. The van der Waals surface area contributed by atoms with Gasteiger partial charge in [-0.15, -0.1) is 0 Å². The minimum absolute atomic E-state index is 0.00568. The van der Waals surface area contributed by atoms with E-state index in [-0.39, 0.29) is 10.0 Å². The maximum absolute atomic E-state index is 13.0. The molecule has 8 heteroatoms. The van der Waals surface area contributed by atoms with Crippen molar-refractivity contribution in [2.45, 2.75) is 0 Å². The Morgan fingerprint density at radius 1 is 1.22 bits per heavy atom. The number of halogens is 3. The number of benzene rings is 2. The number of carbonyl (C=O) groups is 1. The van der Waals surface area contributed by atoms with Crippen LogP contribution in [0.1, 0.15) is 15.9 Å². The number of hydrogen-bond donors (Lipinski definition) is 1. The first-order valence-corrected chi connectivity index (χ1v) is 8.94. The van der Waals surface area contributed by atoms with Crippen molar-refractivity contribution in [1.82, 2.24) is 4.72 Å². The third-order valence-corrected chi connectivity index (χ3v) is 4.55. The Hall–Kier alpha value is -1.70. The second kappa shape index (κ2) is 7.25.